The molecule has 0 aliphatic carbocycles. The highest BCUT2D eigenvalue weighted by atomic mass is 16.4. The molecule has 0 amide bonds. The van der Waals surface area contributed by atoms with E-state index in [2.05, 4.69) is 4.98 Å². The second-order valence-corrected chi connectivity index (χ2v) is 4.39. The summed E-state index contributed by atoms with van der Waals surface area (Å²) in [7, 11) is 0. The molecule has 0 saturated carbocycles. The Labute approximate surface area is 105 Å². The van der Waals surface area contributed by atoms with Crippen LogP contribution in [0.5, 0.6) is 0 Å². The molecule has 0 aliphatic heterocycles. The number of rotatable bonds is 3. The normalized spacial score (nSPS) is 10.6. The zero-order valence-electron chi connectivity index (χ0n) is 10.7. The van der Waals surface area contributed by atoms with Crippen LogP contribution in [0.2, 0.25) is 0 Å². The fourth-order valence-corrected chi connectivity index (χ4v) is 1.93. The first kappa shape index (κ1) is 12.4. The average molecular weight is 245 g/mol. The van der Waals surface area contributed by atoms with Gasteiger partial charge in [-0.2, -0.15) is 0 Å². The lowest BCUT2D eigenvalue weighted by Crippen LogP contribution is -2.00. The third-order valence-electron chi connectivity index (χ3n) is 2.76. The first-order valence-corrected chi connectivity index (χ1v) is 5.73. The maximum Gasteiger partial charge on any atom is 0.311 e. The number of hydrogen-bond donors (Lipinski definition) is 1. The largest absolute Gasteiger partial charge is 0.481 e. The summed E-state index contributed by atoms with van der Waals surface area (Å²) in [6.07, 6.45) is -0.149. The summed E-state index contributed by atoms with van der Waals surface area (Å²) in [4.78, 5) is 15.1. The van der Waals surface area contributed by atoms with Crippen molar-refractivity contribution in [1.29, 1.82) is 0 Å². The second-order valence-electron chi connectivity index (χ2n) is 4.39. The van der Waals surface area contributed by atoms with Gasteiger partial charge in [0.15, 0.2) is 5.89 Å². The molecule has 18 heavy (non-hydrogen) atoms. The number of hydrogen-bond acceptors (Lipinski definition) is 3. The lowest BCUT2D eigenvalue weighted by Gasteiger charge is -2.05. The molecule has 0 saturated heterocycles. The molecule has 0 unspecified atom stereocenters. The summed E-state index contributed by atoms with van der Waals surface area (Å²) in [5.74, 6) is -0.0198. The van der Waals surface area contributed by atoms with E-state index in [0.29, 0.717) is 17.3 Å². The summed E-state index contributed by atoms with van der Waals surface area (Å²) in [6.45, 7) is 5.69. The number of aliphatic carboxylic acids is 1. The Hall–Kier alpha value is -2.10. The van der Waals surface area contributed by atoms with Crippen molar-refractivity contribution in [2.75, 3.05) is 0 Å². The lowest BCUT2D eigenvalue weighted by atomic mass is 10.0. The lowest BCUT2D eigenvalue weighted by molar-refractivity contribution is -0.136. The smallest absolute Gasteiger partial charge is 0.311 e. The van der Waals surface area contributed by atoms with E-state index < -0.39 is 5.97 Å². The van der Waals surface area contributed by atoms with Gasteiger partial charge in [-0.3, -0.25) is 4.79 Å². The van der Waals surface area contributed by atoms with Crippen LogP contribution in [0.1, 0.15) is 22.8 Å². The van der Waals surface area contributed by atoms with E-state index >= 15 is 0 Å². The Morgan fingerprint density at radius 3 is 2.72 bits per heavy atom. The zero-order valence-corrected chi connectivity index (χ0v) is 10.7. The van der Waals surface area contributed by atoms with E-state index in [-0.39, 0.29) is 6.42 Å². The van der Waals surface area contributed by atoms with E-state index in [1.165, 1.54) is 0 Å². The molecular formula is C14H15NO3. The highest BCUT2D eigenvalue weighted by molar-refractivity contribution is 5.74. The van der Waals surface area contributed by atoms with Gasteiger partial charge in [0.05, 0.1) is 0 Å². The highest BCUT2D eigenvalue weighted by Gasteiger charge is 2.17. The molecule has 0 aliphatic rings. The van der Waals surface area contributed by atoms with Gasteiger partial charge in [-0.1, -0.05) is 17.7 Å². The van der Waals surface area contributed by atoms with E-state index in [1.807, 2.05) is 32.0 Å². The van der Waals surface area contributed by atoms with Crippen LogP contribution in [0.25, 0.3) is 11.3 Å². The number of oxazole rings is 1. The van der Waals surface area contributed by atoms with Gasteiger partial charge < -0.3 is 9.52 Å². The van der Waals surface area contributed by atoms with E-state index in [4.69, 9.17) is 9.52 Å². The van der Waals surface area contributed by atoms with Crippen LogP contribution in [-0.4, -0.2) is 16.1 Å². The minimum absolute atomic E-state index is 0.149. The van der Waals surface area contributed by atoms with Crippen molar-refractivity contribution in [3.05, 3.63) is 41.0 Å². The molecule has 0 bridgehead atoms. The van der Waals surface area contributed by atoms with Gasteiger partial charge in [0.1, 0.15) is 17.9 Å². The van der Waals surface area contributed by atoms with Crippen LogP contribution < -0.4 is 0 Å². The van der Waals surface area contributed by atoms with Crippen molar-refractivity contribution >= 4 is 5.97 Å². The Morgan fingerprint density at radius 1 is 1.33 bits per heavy atom. The van der Waals surface area contributed by atoms with Crippen LogP contribution in [0, 0.1) is 20.8 Å². The summed E-state index contributed by atoms with van der Waals surface area (Å²) in [5, 5.41) is 8.88. The Balaban J connectivity index is 2.55. The number of carboxylic acids is 1. The van der Waals surface area contributed by atoms with Crippen LogP contribution in [0.3, 0.4) is 0 Å². The fraction of sp³-hybridized carbons (Fsp3) is 0.286. The number of aromatic nitrogens is 1. The molecule has 4 nitrogen and oxygen atoms in total. The zero-order chi connectivity index (χ0) is 13.3. The minimum atomic E-state index is -0.919. The van der Waals surface area contributed by atoms with Crippen molar-refractivity contribution in [2.45, 2.75) is 27.2 Å². The number of carboxylic acid groups (broad SMARTS) is 1. The first-order chi connectivity index (χ1) is 8.47. The van der Waals surface area contributed by atoms with E-state index in [1.54, 1.807) is 6.92 Å². The molecule has 1 aromatic heterocycles. The molecule has 2 aromatic rings. The van der Waals surface area contributed by atoms with E-state index in [0.717, 1.165) is 16.7 Å². The molecule has 0 spiro atoms. The fourth-order valence-electron chi connectivity index (χ4n) is 1.93. The topological polar surface area (TPSA) is 63.3 Å². The van der Waals surface area contributed by atoms with Gasteiger partial charge >= 0.3 is 5.97 Å². The van der Waals surface area contributed by atoms with Crippen LogP contribution >= 0.6 is 0 Å². The monoisotopic (exact) mass is 245 g/mol. The van der Waals surface area contributed by atoms with Crippen molar-refractivity contribution < 1.29 is 14.3 Å². The molecule has 0 atom stereocenters. The van der Waals surface area contributed by atoms with Gasteiger partial charge in [0.2, 0.25) is 0 Å². The number of nitrogens with zero attached hydrogens (tertiary/aromatic N) is 1. The number of carbonyl (C=O) groups is 1. The maximum atomic E-state index is 10.8. The molecule has 94 valence electrons. The van der Waals surface area contributed by atoms with E-state index in [9.17, 15) is 4.79 Å². The Bertz CT molecular complexity index is 599. The van der Waals surface area contributed by atoms with Crippen LogP contribution in [0.15, 0.2) is 22.6 Å². The standard InChI is InChI=1S/C14H15NO3/c1-8-4-5-9(2)11(6-8)14-12(7-13(16)17)18-10(3)15-14/h4-6H,7H2,1-3H3,(H,16,17). The molecule has 1 heterocycles. The van der Waals surface area contributed by atoms with Gasteiger partial charge in [0, 0.05) is 12.5 Å². The SMILES string of the molecule is Cc1ccc(C)c(-c2nc(C)oc2CC(=O)O)c1. The number of aryl methyl sites for hydroxylation is 3. The van der Waals surface area contributed by atoms with Crippen LogP contribution in [0.4, 0.5) is 0 Å². The van der Waals surface area contributed by atoms with Gasteiger partial charge in [-0.05, 0) is 25.5 Å². The molecule has 1 aromatic carbocycles. The van der Waals surface area contributed by atoms with Crippen molar-refractivity contribution in [2.24, 2.45) is 0 Å². The molecular weight excluding hydrogens is 230 g/mol. The quantitative estimate of drug-likeness (QED) is 0.903. The summed E-state index contributed by atoms with van der Waals surface area (Å²) in [6, 6.07) is 6.01. The Kier molecular flexibility index (Phi) is 3.19. The van der Waals surface area contributed by atoms with Gasteiger partial charge in [-0.15, -0.1) is 0 Å². The van der Waals surface area contributed by atoms with Gasteiger partial charge in [0.25, 0.3) is 0 Å². The minimum Gasteiger partial charge on any atom is -0.481 e. The van der Waals surface area contributed by atoms with Crippen molar-refractivity contribution in [3.8, 4) is 11.3 Å². The predicted octanol–water partition coefficient (Wildman–Crippen LogP) is 2.89. The van der Waals surface area contributed by atoms with Crippen molar-refractivity contribution in [3.63, 3.8) is 0 Å². The highest BCUT2D eigenvalue weighted by Crippen LogP contribution is 2.28. The van der Waals surface area contributed by atoms with Gasteiger partial charge in [-0.25, -0.2) is 4.98 Å². The summed E-state index contributed by atoms with van der Waals surface area (Å²) in [5.41, 5.74) is 3.73. The predicted molar refractivity (Wildman–Crippen MR) is 67.5 cm³/mol. The summed E-state index contributed by atoms with van der Waals surface area (Å²) >= 11 is 0. The molecule has 2 rings (SSSR count). The molecule has 1 N–H and O–H groups in total. The van der Waals surface area contributed by atoms with Crippen LogP contribution in [-0.2, 0) is 11.2 Å². The van der Waals surface area contributed by atoms with Crippen molar-refractivity contribution in [1.82, 2.24) is 4.98 Å². The third-order valence-corrected chi connectivity index (χ3v) is 2.76. The first-order valence-electron chi connectivity index (χ1n) is 5.73. The Morgan fingerprint density at radius 2 is 2.06 bits per heavy atom. The second kappa shape index (κ2) is 4.64. The molecule has 0 fully saturated rings. The molecule has 4 heteroatoms. The summed E-state index contributed by atoms with van der Waals surface area (Å²) < 4.78 is 5.38. The third kappa shape index (κ3) is 2.42. The average Bonchev–Trinajstić information content (AvgIpc) is 2.62. The number of benzene rings is 1. The molecule has 0 radical (unpaired) electrons. The maximum absolute atomic E-state index is 10.8.